The van der Waals surface area contributed by atoms with Crippen molar-refractivity contribution in [3.8, 4) is 11.5 Å². The molecule has 1 aromatic rings. The lowest BCUT2D eigenvalue weighted by Gasteiger charge is -2.38. The number of allylic oxidation sites excluding steroid dienone is 1. The third-order valence-corrected chi connectivity index (χ3v) is 7.51. The summed E-state index contributed by atoms with van der Waals surface area (Å²) in [5.41, 5.74) is 2.01. The van der Waals surface area contributed by atoms with Gasteiger partial charge in [-0.25, -0.2) is 0 Å². The molecule has 2 aliphatic heterocycles. The van der Waals surface area contributed by atoms with Crippen molar-refractivity contribution < 1.29 is 14.3 Å². The van der Waals surface area contributed by atoms with Crippen LogP contribution in [0.1, 0.15) is 5.56 Å². The van der Waals surface area contributed by atoms with Crippen molar-refractivity contribution in [3.63, 3.8) is 0 Å². The van der Waals surface area contributed by atoms with E-state index in [1.54, 1.807) is 6.08 Å². The van der Waals surface area contributed by atoms with E-state index in [4.69, 9.17) is 9.47 Å². The molecule has 0 saturated carbocycles. The lowest BCUT2D eigenvalue weighted by Crippen LogP contribution is -2.41. The van der Waals surface area contributed by atoms with Crippen molar-refractivity contribution in [2.24, 2.45) is 0 Å². The van der Waals surface area contributed by atoms with Crippen molar-refractivity contribution in [2.75, 3.05) is 19.9 Å². The van der Waals surface area contributed by atoms with Crippen LogP contribution in [0.15, 0.2) is 24.3 Å². The zero-order chi connectivity index (χ0) is 14.9. The van der Waals surface area contributed by atoms with Gasteiger partial charge in [0, 0.05) is 30.4 Å². The van der Waals surface area contributed by atoms with E-state index < -0.39 is 8.07 Å². The molecule has 1 saturated heterocycles. The molecule has 112 valence electrons. The van der Waals surface area contributed by atoms with Crippen LogP contribution in [0.2, 0.25) is 25.2 Å². The maximum Gasteiger partial charge on any atom is 0.231 e. The van der Waals surface area contributed by atoms with E-state index in [2.05, 4.69) is 18.0 Å². The lowest BCUT2D eigenvalue weighted by molar-refractivity contribution is -0.104. The molecule has 3 rings (SSSR count). The van der Waals surface area contributed by atoms with E-state index in [0.29, 0.717) is 0 Å². The Balaban J connectivity index is 1.85. The summed E-state index contributed by atoms with van der Waals surface area (Å²) in [6, 6.07) is 8.43. The predicted molar refractivity (Wildman–Crippen MR) is 85.3 cm³/mol. The first-order chi connectivity index (χ1) is 10.1. The molecule has 21 heavy (non-hydrogen) atoms. The van der Waals surface area contributed by atoms with Crippen molar-refractivity contribution >= 4 is 20.1 Å². The van der Waals surface area contributed by atoms with Gasteiger partial charge in [-0.3, -0.25) is 4.79 Å². The van der Waals surface area contributed by atoms with E-state index in [-0.39, 0.29) is 6.79 Å². The summed E-state index contributed by atoms with van der Waals surface area (Å²) in [5.74, 6) is 1.53. The average Bonchev–Trinajstić information content (AvgIpc) is 2.92. The van der Waals surface area contributed by atoms with E-state index >= 15 is 0 Å². The van der Waals surface area contributed by atoms with Gasteiger partial charge in [0.15, 0.2) is 11.5 Å². The summed E-state index contributed by atoms with van der Waals surface area (Å²) in [7, 11) is -1.02. The minimum Gasteiger partial charge on any atom is -0.454 e. The molecule has 0 aliphatic carbocycles. The Morgan fingerprint density at radius 2 is 1.90 bits per heavy atom. The second-order valence-corrected chi connectivity index (χ2v) is 11.7. The van der Waals surface area contributed by atoms with Gasteiger partial charge in [-0.05, 0) is 30.3 Å². The molecule has 0 spiro atoms. The summed E-state index contributed by atoms with van der Waals surface area (Å²) in [4.78, 5) is 13.4. The van der Waals surface area contributed by atoms with Gasteiger partial charge in [0.05, 0.1) is 8.07 Å². The van der Waals surface area contributed by atoms with E-state index in [1.165, 1.54) is 12.1 Å². The van der Waals surface area contributed by atoms with Crippen LogP contribution in [-0.4, -0.2) is 39.1 Å². The first kappa shape index (κ1) is 14.2. The molecule has 5 heteroatoms. The maximum absolute atomic E-state index is 11.0. The van der Waals surface area contributed by atoms with E-state index in [9.17, 15) is 4.79 Å². The Kier molecular flexibility index (Phi) is 3.76. The highest BCUT2D eigenvalue weighted by Crippen LogP contribution is 2.36. The van der Waals surface area contributed by atoms with E-state index in [0.717, 1.165) is 42.1 Å². The van der Waals surface area contributed by atoms with Gasteiger partial charge in [-0.1, -0.05) is 13.1 Å². The van der Waals surface area contributed by atoms with Crippen molar-refractivity contribution in [1.29, 1.82) is 0 Å². The van der Waals surface area contributed by atoms with Gasteiger partial charge in [-0.15, -0.1) is 0 Å². The molecule has 0 radical (unpaired) electrons. The van der Waals surface area contributed by atoms with Crippen LogP contribution >= 0.6 is 0 Å². The number of fused-ring (bicyclic) bond motifs is 1. The van der Waals surface area contributed by atoms with Gasteiger partial charge in [-0.2, -0.15) is 0 Å². The Hall–Kier alpha value is -1.75. The Morgan fingerprint density at radius 3 is 2.62 bits per heavy atom. The van der Waals surface area contributed by atoms with Crippen LogP contribution in [0.25, 0.3) is 5.70 Å². The second-order valence-electron chi connectivity index (χ2n) is 6.41. The molecule has 1 aromatic carbocycles. The average molecular weight is 303 g/mol. The fourth-order valence-electron chi connectivity index (χ4n) is 2.86. The van der Waals surface area contributed by atoms with E-state index in [1.807, 2.05) is 18.2 Å². The maximum atomic E-state index is 11.0. The van der Waals surface area contributed by atoms with Crippen LogP contribution in [-0.2, 0) is 4.79 Å². The number of rotatable bonds is 3. The van der Waals surface area contributed by atoms with Crippen LogP contribution in [0.5, 0.6) is 11.5 Å². The van der Waals surface area contributed by atoms with Crippen molar-refractivity contribution in [2.45, 2.75) is 25.2 Å². The molecule has 0 bridgehead atoms. The highest BCUT2D eigenvalue weighted by atomic mass is 28.3. The number of hydrogen-bond donors (Lipinski definition) is 0. The summed E-state index contributed by atoms with van der Waals surface area (Å²) in [6.07, 6.45) is 2.54. The van der Waals surface area contributed by atoms with Gasteiger partial charge in [0.1, 0.15) is 6.29 Å². The molecule has 2 heterocycles. The molecule has 0 unspecified atom stereocenters. The molecule has 0 aromatic heterocycles. The van der Waals surface area contributed by atoms with Gasteiger partial charge >= 0.3 is 0 Å². The highest BCUT2D eigenvalue weighted by Gasteiger charge is 2.28. The topological polar surface area (TPSA) is 38.8 Å². The zero-order valence-corrected chi connectivity index (χ0v) is 13.6. The smallest absolute Gasteiger partial charge is 0.231 e. The largest absolute Gasteiger partial charge is 0.454 e. The second kappa shape index (κ2) is 5.56. The molecular formula is C16H21NO3Si. The summed E-state index contributed by atoms with van der Waals surface area (Å²) in [6.45, 7) is 7.22. The van der Waals surface area contributed by atoms with Gasteiger partial charge in [0.25, 0.3) is 0 Å². The first-order valence-electron chi connectivity index (χ1n) is 7.39. The third-order valence-electron chi connectivity index (χ3n) is 4.35. The van der Waals surface area contributed by atoms with Crippen molar-refractivity contribution in [1.82, 2.24) is 4.90 Å². The number of hydrogen-bond acceptors (Lipinski definition) is 4. The number of ether oxygens (including phenoxy) is 2. The standard InChI is InChI=1S/C16H21NO3Si/c1-21(2)9-6-17(7-10-21)14(5-8-18)13-3-4-15-16(11-13)20-12-19-15/h3-5,8,11H,6-7,9-10,12H2,1-2H3/b14-5+. The summed E-state index contributed by atoms with van der Waals surface area (Å²) >= 11 is 0. The Morgan fingerprint density at radius 1 is 1.19 bits per heavy atom. The molecule has 0 amide bonds. The van der Waals surface area contributed by atoms with Gasteiger partial charge in [0.2, 0.25) is 6.79 Å². The molecule has 4 nitrogen and oxygen atoms in total. The van der Waals surface area contributed by atoms with Crippen LogP contribution < -0.4 is 9.47 Å². The molecule has 0 atom stereocenters. The van der Waals surface area contributed by atoms with Gasteiger partial charge < -0.3 is 14.4 Å². The molecule has 2 aliphatic rings. The van der Waals surface area contributed by atoms with Crippen LogP contribution in [0, 0.1) is 0 Å². The minimum absolute atomic E-state index is 0.273. The monoisotopic (exact) mass is 303 g/mol. The number of benzene rings is 1. The normalized spacial score (nSPS) is 20.5. The number of nitrogens with zero attached hydrogens (tertiary/aromatic N) is 1. The molecule has 0 N–H and O–H groups in total. The Labute approximate surface area is 126 Å². The fraction of sp³-hybridized carbons (Fsp3) is 0.438. The highest BCUT2D eigenvalue weighted by molar-refractivity contribution is 6.77. The number of carbonyl (C=O) groups excluding carboxylic acids is 1. The van der Waals surface area contributed by atoms with Crippen LogP contribution in [0.4, 0.5) is 0 Å². The molecule has 1 fully saturated rings. The van der Waals surface area contributed by atoms with Crippen molar-refractivity contribution in [3.05, 3.63) is 29.8 Å². The number of carbonyl (C=O) groups is 1. The van der Waals surface area contributed by atoms with Crippen LogP contribution in [0.3, 0.4) is 0 Å². The fourth-order valence-corrected chi connectivity index (χ4v) is 4.86. The third kappa shape index (κ3) is 2.97. The lowest BCUT2D eigenvalue weighted by atomic mass is 10.1. The zero-order valence-electron chi connectivity index (χ0n) is 12.6. The summed E-state index contributed by atoms with van der Waals surface area (Å²) < 4.78 is 10.8. The first-order valence-corrected chi connectivity index (χ1v) is 10.8. The molecular weight excluding hydrogens is 282 g/mol. The SMILES string of the molecule is C[Si]1(C)CCN(/C(=C/C=O)c2ccc3c(c2)OCO3)CC1. The summed E-state index contributed by atoms with van der Waals surface area (Å²) in [5, 5.41) is 0. The number of aldehydes is 1. The minimum atomic E-state index is -1.02. The predicted octanol–water partition coefficient (Wildman–Crippen LogP) is 2.98. The Bertz CT molecular complexity index is 573. The quantitative estimate of drug-likeness (QED) is 0.489.